The molecule has 3 aromatic rings. The topological polar surface area (TPSA) is 83.9 Å². The number of methoxy groups -OCH3 is 2. The van der Waals surface area contributed by atoms with Crippen LogP contribution >= 0.6 is 0 Å². The number of aliphatic hydroxyl groups excluding tert-OH is 1. The summed E-state index contributed by atoms with van der Waals surface area (Å²) in [7, 11) is 3.18. The quantitative estimate of drug-likeness (QED) is 0.553. The second kappa shape index (κ2) is 10.5. The first-order valence-electron chi connectivity index (χ1n) is 11.0. The smallest absolute Gasteiger partial charge is 0.237 e. The van der Waals surface area contributed by atoms with Gasteiger partial charge < -0.3 is 24.8 Å². The van der Waals surface area contributed by atoms with E-state index in [0.29, 0.717) is 18.1 Å². The molecule has 1 aromatic heterocycles. The molecule has 2 aromatic carbocycles. The first kappa shape index (κ1) is 22.8. The van der Waals surface area contributed by atoms with Crippen LogP contribution in [-0.4, -0.2) is 54.8 Å². The highest BCUT2D eigenvalue weighted by atomic mass is 16.5. The molecule has 4 rings (SSSR count). The van der Waals surface area contributed by atoms with Crippen molar-refractivity contribution in [2.75, 3.05) is 33.9 Å². The van der Waals surface area contributed by atoms with Crippen molar-refractivity contribution in [2.24, 2.45) is 0 Å². The molecule has 0 aliphatic carbocycles. The largest absolute Gasteiger partial charge is 0.497 e. The molecule has 33 heavy (non-hydrogen) atoms. The minimum Gasteiger partial charge on any atom is -0.497 e. The summed E-state index contributed by atoms with van der Waals surface area (Å²) in [6.45, 7) is 0.948. The summed E-state index contributed by atoms with van der Waals surface area (Å²) in [5.41, 5.74) is 3.86. The van der Waals surface area contributed by atoms with Gasteiger partial charge in [-0.3, -0.25) is 4.79 Å². The average molecular weight is 448 g/mol. The molecule has 0 spiro atoms. The van der Waals surface area contributed by atoms with Crippen LogP contribution in [0.1, 0.15) is 34.5 Å². The van der Waals surface area contributed by atoms with Crippen LogP contribution in [-0.2, 0) is 11.2 Å². The number of fused-ring (bicyclic) bond motifs is 1. The number of hydrogen-bond acceptors (Lipinski definition) is 6. The number of pyridine rings is 1. The molecule has 7 nitrogen and oxygen atoms in total. The molecule has 0 saturated heterocycles. The number of aliphatic hydroxyl groups is 1. The lowest BCUT2D eigenvalue weighted by Gasteiger charge is -2.38. The van der Waals surface area contributed by atoms with Crippen molar-refractivity contribution in [3.8, 4) is 11.6 Å². The Kier molecular flexibility index (Phi) is 7.22. The third-order valence-corrected chi connectivity index (χ3v) is 5.93. The van der Waals surface area contributed by atoms with Crippen LogP contribution in [0.25, 0.3) is 0 Å². The van der Waals surface area contributed by atoms with Gasteiger partial charge >= 0.3 is 0 Å². The summed E-state index contributed by atoms with van der Waals surface area (Å²) in [6.07, 6.45) is -0.0609. The maximum atomic E-state index is 13.3. The highest BCUT2D eigenvalue weighted by Gasteiger charge is 2.32. The van der Waals surface area contributed by atoms with E-state index >= 15 is 0 Å². The second-order valence-corrected chi connectivity index (χ2v) is 7.97. The Morgan fingerprint density at radius 3 is 2.70 bits per heavy atom. The first-order valence-corrected chi connectivity index (χ1v) is 11.0. The molecule has 0 fully saturated rings. The predicted octanol–water partition coefficient (Wildman–Crippen LogP) is 2.90. The molecule has 1 aliphatic heterocycles. The fourth-order valence-corrected chi connectivity index (χ4v) is 4.24. The van der Waals surface area contributed by atoms with Crippen LogP contribution in [0.4, 0.5) is 0 Å². The summed E-state index contributed by atoms with van der Waals surface area (Å²) in [6, 6.07) is 21.2. The molecule has 7 heteroatoms. The Labute approximate surface area is 194 Å². The SMILES string of the molecule is COc1ccc2c(c1)[C@H](c1ccccc1)N(C(=O)CNCC(O)c1cccc(OC)n1)CC2. The van der Waals surface area contributed by atoms with Gasteiger partial charge in [0.25, 0.3) is 0 Å². The molecule has 1 aliphatic rings. The molecular weight excluding hydrogens is 418 g/mol. The molecule has 2 N–H and O–H groups in total. The van der Waals surface area contributed by atoms with Gasteiger partial charge in [-0.25, -0.2) is 4.98 Å². The number of hydrogen-bond donors (Lipinski definition) is 2. The van der Waals surface area contributed by atoms with Gasteiger partial charge in [0, 0.05) is 19.2 Å². The Balaban J connectivity index is 1.48. The van der Waals surface area contributed by atoms with E-state index in [2.05, 4.69) is 16.4 Å². The lowest BCUT2D eigenvalue weighted by Crippen LogP contribution is -2.45. The number of carbonyl (C=O) groups excluding carboxylic acids is 1. The van der Waals surface area contributed by atoms with Gasteiger partial charge in [-0.2, -0.15) is 0 Å². The van der Waals surface area contributed by atoms with E-state index in [-0.39, 0.29) is 25.0 Å². The number of amides is 1. The minimum atomic E-state index is -0.843. The summed E-state index contributed by atoms with van der Waals surface area (Å²) >= 11 is 0. The first-order chi connectivity index (χ1) is 16.1. The third-order valence-electron chi connectivity index (χ3n) is 5.93. The summed E-state index contributed by atoms with van der Waals surface area (Å²) < 4.78 is 10.6. The van der Waals surface area contributed by atoms with E-state index in [1.54, 1.807) is 25.3 Å². The Bertz CT molecular complexity index is 1090. The Morgan fingerprint density at radius 1 is 1.12 bits per heavy atom. The maximum absolute atomic E-state index is 13.3. The van der Waals surface area contributed by atoms with Crippen molar-refractivity contribution in [1.29, 1.82) is 0 Å². The van der Waals surface area contributed by atoms with Crippen molar-refractivity contribution in [1.82, 2.24) is 15.2 Å². The number of ether oxygens (including phenoxy) is 2. The van der Waals surface area contributed by atoms with Crippen LogP contribution < -0.4 is 14.8 Å². The Morgan fingerprint density at radius 2 is 1.94 bits per heavy atom. The fourth-order valence-electron chi connectivity index (χ4n) is 4.24. The molecule has 1 amide bonds. The predicted molar refractivity (Wildman–Crippen MR) is 125 cm³/mol. The number of rotatable bonds is 8. The van der Waals surface area contributed by atoms with Crippen LogP contribution in [0.5, 0.6) is 11.6 Å². The molecule has 1 unspecified atom stereocenters. The summed E-state index contributed by atoms with van der Waals surface area (Å²) in [4.78, 5) is 19.4. The van der Waals surface area contributed by atoms with Gasteiger partial charge in [-0.05, 0) is 41.3 Å². The second-order valence-electron chi connectivity index (χ2n) is 7.97. The molecule has 0 bridgehead atoms. The van der Waals surface area contributed by atoms with Crippen molar-refractivity contribution >= 4 is 5.91 Å². The van der Waals surface area contributed by atoms with E-state index in [1.807, 2.05) is 47.4 Å². The van der Waals surface area contributed by atoms with Crippen molar-refractivity contribution < 1.29 is 19.4 Å². The molecule has 172 valence electrons. The number of nitrogens with one attached hydrogen (secondary N) is 1. The number of aromatic nitrogens is 1. The maximum Gasteiger partial charge on any atom is 0.237 e. The van der Waals surface area contributed by atoms with E-state index in [0.717, 1.165) is 23.3 Å². The summed E-state index contributed by atoms with van der Waals surface area (Å²) in [5, 5.41) is 13.6. The van der Waals surface area contributed by atoms with Gasteiger partial charge in [-0.15, -0.1) is 0 Å². The van der Waals surface area contributed by atoms with E-state index < -0.39 is 6.10 Å². The van der Waals surface area contributed by atoms with Crippen LogP contribution in [0, 0.1) is 0 Å². The highest BCUT2D eigenvalue weighted by Crippen LogP contribution is 2.37. The monoisotopic (exact) mass is 447 g/mol. The van der Waals surface area contributed by atoms with Gasteiger partial charge in [0.2, 0.25) is 11.8 Å². The van der Waals surface area contributed by atoms with Gasteiger partial charge in [-0.1, -0.05) is 42.5 Å². The van der Waals surface area contributed by atoms with E-state index in [1.165, 1.54) is 12.7 Å². The lowest BCUT2D eigenvalue weighted by molar-refractivity contribution is -0.132. The molecule has 2 heterocycles. The van der Waals surface area contributed by atoms with Crippen LogP contribution in [0.3, 0.4) is 0 Å². The zero-order valence-corrected chi connectivity index (χ0v) is 18.9. The van der Waals surface area contributed by atoms with Gasteiger partial charge in [0.15, 0.2) is 0 Å². The molecule has 0 saturated carbocycles. The fraction of sp³-hybridized carbons (Fsp3) is 0.308. The number of benzene rings is 2. The van der Waals surface area contributed by atoms with E-state index in [4.69, 9.17) is 9.47 Å². The normalized spacial score (nSPS) is 16.1. The zero-order chi connectivity index (χ0) is 23.2. The van der Waals surface area contributed by atoms with E-state index in [9.17, 15) is 9.90 Å². The number of carbonyl (C=O) groups is 1. The lowest BCUT2D eigenvalue weighted by atomic mass is 9.88. The molecular formula is C26H29N3O4. The van der Waals surface area contributed by atoms with Gasteiger partial charge in [0.1, 0.15) is 11.9 Å². The zero-order valence-electron chi connectivity index (χ0n) is 18.9. The standard InChI is InChI=1S/C26H29N3O4/c1-32-20-12-11-18-13-14-29(26(21(18)15-20)19-7-4-3-5-8-19)25(31)17-27-16-23(30)22-9-6-10-24(28-22)33-2/h3-12,15,23,26-27,30H,13-14,16-17H2,1-2H3/t23?,26-/m0/s1. The molecule has 0 radical (unpaired) electrons. The van der Waals surface area contributed by atoms with Gasteiger partial charge in [0.05, 0.1) is 32.5 Å². The summed E-state index contributed by atoms with van der Waals surface area (Å²) in [5.74, 6) is 1.19. The number of nitrogens with zero attached hydrogens (tertiary/aromatic N) is 2. The van der Waals surface area contributed by atoms with Crippen molar-refractivity contribution in [3.05, 3.63) is 89.1 Å². The molecule has 2 atom stereocenters. The third kappa shape index (κ3) is 5.16. The highest BCUT2D eigenvalue weighted by molar-refractivity contribution is 5.80. The van der Waals surface area contributed by atoms with Crippen LogP contribution in [0.15, 0.2) is 66.7 Å². The average Bonchev–Trinajstić information content (AvgIpc) is 2.87. The minimum absolute atomic E-state index is 0.0249. The van der Waals surface area contributed by atoms with Crippen LogP contribution in [0.2, 0.25) is 0 Å². The Hall–Kier alpha value is -3.42. The van der Waals surface area contributed by atoms with Crippen molar-refractivity contribution in [3.63, 3.8) is 0 Å². The van der Waals surface area contributed by atoms with Crippen molar-refractivity contribution in [2.45, 2.75) is 18.6 Å².